The van der Waals surface area contributed by atoms with E-state index < -0.39 is 0 Å². The fraction of sp³-hybridized carbons (Fsp3) is 0.500. The largest absolute Gasteiger partial charge is 0.294 e. The highest BCUT2D eigenvalue weighted by molar-refractivity contribution is 6.37. The van der Waals surface area contributed by atoms with Gasteiger partial charge >= 0.3 is 0 Å². The maximum atomic E-state index is 12.5. The summed E-state index contributed by atoms with van der Waals surface area (Å²) in [5.74, 6) is -0.476. The van der Waals surface area contributed by atoms with Crippen molar-refractivity contribution in [3.63, 3.8) is 0 Å². The molecule has 2 rings (SSSR count). The zero-order valence-corrected chi connectivity index (χ0v) is 13.6. The van der Waals surface area contributed by atoms with Crippen molar-refractivity contribution in [2.24, 2.45) is 10.8 Å². The maximum absolute atomic E-state index is 12.5. The molecule has 3 nitrogen and oxygen atoms in total. The van der Waals surface area contributed by atoms with Crippen molar-refractivity contribution in [1.29, 1.82) is 0 Å². The second-order valence-electron chi connectivity index (χ2n) is 7.81. The molecule has 21 heavy (non-hydrogen) atoms. The summed E-state index contributed by atoms with van der Waals surface area (Å²) in [6.07, 6.45) is 3.33. The number of allylic oxidation sites excluding steroid dienone is 6. The Morgan fingerprint density at radius 3 is 1.71 bits per heavy atom. The Morgan fingerprint density at radius 2 is 1.33 bits per heavy atom. The van der Waals surface area contributed by atoms with Crippen LogP contribution in [-0.2, 0) is 14.4 Å². The van der Waals surface area contributed by atoms with E-state index in [1.165, 1.54) is 6.08 Å². The number of carbonyl (C=O) groups is 3. The van der Waals surface area contributed by atoms with Crippen LogP contribution in [0.1, 0.15) is 48.0 Å². The lowest BCUT2D eigenvalue weighted by Crippen LogP contribution is -2.16. The summed E-state index contributed by atoms with van der Waals surface area (Å²) in [6, 6.07) is 0. The van der Waals surface area contributed by atoms with Crippen molar-refractivity contribution in [2.45, 2.75) is 48.0 Å². The SMILES string of the molecule is CC(C)(C)C1=C/C(=C2\C(=O)C=C(C(C)(C)C)C2=O)CC1=O. The Labute approximate surface area is 125 Å². The van der Waals surface area contributed by atoms with Crippen LogP contribution in [-0.4, -0.2) is 17.3 Å². The molecule has 3 heteroatoms. The van der Waals surface area contributed by atoms with Gasteiger partial charge in [-0.3, -0.25) is 14.4 Å². The standard InChI is InChI=1S/C18H22O3/c1-17(2,3)11-7-10(8-13(11)19)15-14(20)9-12(16(15)21)18(4,5)6/h7,9H,8H2,1-6H3/b15-10-. The minimum atomic E-state index is -0.367. The van der Waals surface area contributed by atoms with Crippen molar-refractivity contribution >= 4 is 17.3 Å². The Kier molecular flexibility index (Phi) is 3.43. The van der Waals surface area contributed by atoms with Crippen molar-refractivity contribution < 1.29 is 14.4 Å². The molecular formula is C18H22O3. The second kappa shape index (κ2) is 4.62. The van der Waals surface area contributed by atoms with E-state index in [0.29, 0.717) is 16.7 Å². The van der Waals surface area contributed by atoms with Crippen LogP contribution >= 0.6 is 0 Å². The van der Waals surface area contributed by atoms with E-state index >= 15 is 0 Å². The molecule has 0 amide bonds. The third kappa shape index (κ3) is 2.69. The second-order valence-corrected chi connectivity index (χ2v) is 7.81. The number of Topliss-reactive ketones (excluding diaryl/α,β-unsaturated/α-hetero) is 2. The summed E-state index contributed by atoms with van der Waals surface area (Å²) in [4.78, 5) is 36.9. The van der Waals surface area contributed by atoms with Gasteiger partial charge in [0.25, 0.3) is 0 Å². The highest BCUT2D eigenvalue weighted by Crippen LogP contribution is 2.39. The molecule has 0 aromatic heterocycles. The summed E-state index contributed by atoms with van der Waals surface area (Å²) in [7, 11) is 0. The molecule has 0 N–H and O–H groups in total. The third-order valence-corrected chi connectivity index (χ3v) is 3.90. The first-order valence-electron chi connectivity index (χ1n) is 7.22. The van der Waals surface area contributed by atoms with Crippen LogP contribution < -0.4 is 0 Å². The minimum Gasteiger partial charge on any atom is -0.294 e. The Balaban J connectivity index is 2.50. The van der Waals surface area contributed by atoms with Crippen LogP contribution in [0, 0.1) is 10.8 Å². The van der Waals surface area contributed by atoms with Gasteiger partial charge < -0.3 is 0 Å². The normalized spacial score (nSPS) is 23.8. The molecule has 0 atom stereocenters. The van der Waals surface area contributed by atoms with Gasteiger partial charge in [0, 0.05) is 17.6 Å². The van der Waals surface area contributed by atoms with E-state index in [-0.39, 0.29) is 40.2 Å². The van der Waals surface area contributed by atoms with Crippen LogP contribution in [0.2, 0.25) is 0 Å². The first-order valence-corrected chi connectivity index (χ1v) is 7.22. The molecule has 0 radical (unpaired) electrons. The van der Waals surface area contributed by atoms with Gasteiger partial charge in [-0.25, -0.2) is 0 Å². The van der Waals surface area contributed by atoms with E-state index in [4.69, 9.17) is 0 Å². The molecule has 0 aromatic carbocycles. The molecular weight excluding hydrogens is 264 g/mol. The van der Waals surface area contributed by atoms with Gasteiger partial charge in [-0.05, 0) is 22.5 Å². The van der Waals surface area contributed by atoms with Gasteiger partial charge in [0.2, 0.25) is 0 Å². The summed E-state index contributed by atoms with van der Waals surface area (Å²) < 4.78 is 0. The monoisotopic (exact) mass is 286 g/mol. The van der Waals surface area contributed by atoms with Crippen LogP contribution in [0.4, 0.5) is 0 Å². The molecule has 0 bridgehead atoms. The molecule has 112 valence electrons. The smallest absolute Gasteiger partial charge is 0.193 e. The molecule has 0 unspecified atom stereocenters. The molecule has 0 aliphatic heterocycles. The lowest BCUT2D eigenvalue weighted by Gasteiger charge is -2.18. The van der Waals surface area contributed by atoms with E-state index in [1.54, 1.807) is 6.08 Å². The van der Waals surface area contributed by atoms with Crippen LogP contribution in [0.3, 0.4) is 0 Å². The van der Waals surface area contributed by atoms with Gasteiger partial charge in [0.1, 0.15) is 0 Å². The molecule has 2 aliphatic rings. The highest BCUT2D eigenvalue weighted by atomic mass is 16.2. The number of ketones is 3. The molecule has 0 saturated heterocycles. The quantitative estimate of drug-likeness (QED) is 0.507. The first-order chi connectivity index (χ1) is 9.43. The Bertz CT molecular complexity index is 641. The van der Waals surface area contributed by atoms with Gasteiger partial charge in [-0.15, -0.1) is 0 Å². The number of hydrogen-bond acceptors (Lipinski definition) is 3. The van der Waals surface area contributed by atoms with Crippen LogP contribution in [0.5, 0.6) is 0 Å². The van der Waals surface area contributed by atoms with Crippen molar-refractivity contribution in [3.05, 3.63) is 34.4 Å². The summed E-state index contributed by atoms with van der Waals surface area (Å²) in [5, 5.41) is 0. The lowest BCUT2D eigenvalue weighted by atomic mass is 9.84. The Hall–Kier alpha value is -1.77. The third-order valence-electron chi connectivity index (χ3n) is 3.90. The van der Waals surface area contributed by atoms with Gasteiger partial charge in [-0.2, -0.15) is 0 Å². The van der Waals surface area contributed by atoms with E-state index in [2.05, 4.69) is 0 Å². The fourth-order valence-corrected chi connectivity index (χ4v) is 2.75. The minimum absolute atomic E-state index is 0.00908. The lowest BCUT2D eigenvalue weighted by molar-refractivity contribution is -0.116. The average molecular weight is 286 g/mol. The molecule has 0 fully saturated rings. The number of rotatable bonds is 0. The average Bonchev–Trinajstić information content (AvgIpc) is 2.78. The summed E-state index contributed by atoms with van der Waals surface area (Å²) in [5.41, 5.74) is 1.34. The molecule has 0 heterocycles. The maximum Gasteiger partial charge on any atom is 0.193 e. The van der Waals surface area contributed by atoms with E-state index in [0.717, 1.165) is 0 Å². The van der Waals surface area contributed by atoms with Crippen LogP contribution in [0.25, 0.3) is 0 Å². The predicted molar refractivity (Wildman–Crippen MR) is 81.7 cm³/mol. The topological polar surface area (TPSA) is 51.2 Å². The van der Waals surface area contributed by atoms with Crippen molar-refractivity contribution in [2.75, 3.05) is 0 Å². The van der Waals surface area contributed by atoms with Crippen molar-refractivity contribution in [3.8, 4) is 0 Å². The fourth-order valence-electron chi connectivity index (χ4n) is 2.75. The highest BCUT2D eigenvalue weighted by Gasteiger charge is 2.39. The van der Waals surface area contributed by atoms with Gasteiger partial charge in [0.05, 0.1) is 5.57 Å². The van der Waals surface area contributed by atoms with Crippen LogP contribution in [0.15, 0.2) is 34.4 Å². The molecule has 2 aliphatic carbocycles. The van der Waals surface area contributed by atoms with Gasteiger partial charge in [0.15, 0.2) is 17.3 Å². The Morgan fingerprint density at radius 1 is 0.810 bits per heavy atom. The number of carbonyl (C=O) groups excluding carboxylic acids is 3. The van der Waals surface area contributed by atoms with Crippen molar-refractivity contribution in [1.82, 2.24) is 0 Å². The molecule has 0 saturated carbocycles. The molecule has 0 aromatic rings. The summed E-state index contributed by atoms with van der Waals surface area (Å²) >= 11 is 0. The zero-order chi connectivity index (χ0) is 16.2. The molecule has 0 spiro atoms. The first kappa shape index (κ1) is 15.6. The van der Waals surface area contributed by atoms with E-state index in [9.17, 15) is 14.4 Å². The van der Waals surface area contributed by atoms with Gasteiger partial charge in [-0.1, -0.05) is 47.6 Å². The van der Waals surface area contributed by atoms with E-state index in [1.807, 2.05) is 41.5 Å². The predicted octanol–water partition coefficient (Wildman–Crippen LogP) is 3.35. The summed E-state index contributed by atoms with van der Waals surface area (Å²) in [6.45, 7) is 11.6. The zero-order valence-electron chi connectivity index (χ0n) is 13.6. The number of hydrogen-bond donors (Lipinski definition) is 0.